The molecule has 0 unspecified atom stereocenters. The zero-order valence-electron chi connectivity index (χ0n) is 7.12. The van der Waals surface area contributed by atoms with Crippen LogP contribution in [0.25, 0.3) is 0 Å². The van der Waals surface area contributed by atoms with Gasteiger partial charge in [-0.1, -0.05) is 11.8 Å². The van der Waals surface area contributed by atoms with E-state index in [-0.39, 0.29) is 17.3 Å². The van der Waals surface area contributed by atoms with E-state index in [9.17, 15) is 4.79 Å². The summed E-state index contributed by atoms with van der Waals surface area (Å²) in [7, 11) is 0. The van der Waals surface area contributed by atoms with E-state index in [1.807, 2.05) is 0 Å². The third kappa shape index (κ3) is 2.38. The number of alkyl halides is 1. The number of carbonyl (C=O) groups is 1. The van der Waals surface area contributed by atoms with Crippen molar-refractivity contribution < 1.29 is 9.90 Å². The molecule has 4 nitrogen and oxygen atoms in total. The average molecular weight is 211 g/mol. The largest absolute Gasteiger partial charge is 0.478 e. The summed E-state index contributed by atoms with van der Waals surface area (Å²) in [5.41, 5.74) is 5.79. The van der Waals surface area contributed by atoms with Gasteiger partial charge in [-0.05, 0) is 6.07 Å². The molecule has 72 valence electrons. The summed E-state index contributed by atoms with van der Waals surface area (Å²) in [6.07, 6.45) is 1.40. The third-order valence-corrected chi connectivity index (χ3v) is 1.58. The Hall–Kier alpha value is -1.73. The van der Waals surface area contributed by atoms with E-state index in [2.05, 4.69) is 16.8 Å². The Kier molecular flexibility index (Phi) is 3.32. The van der Waals surface area contributed by atoms with Crippen molar-refractivity contribution in [2.75, 3.05) is 11.6 Å². The fourth-order valence-electron chi connectivity index (χ4n) is 0.850. The lowest BCUT2D eigenvalue weighted by molar-refractivity contribution is 0.0697. The van der Waals surface area contributed by atoms with E-state index in [0.717, 1.165) is 0 Å². The zero-order valence-corrected chi connectivity index (χ0v) is 7.88. The molecule has 14 heavy (non-hydrogen) atoms. The molecule has 0 saturated carbocycles. The van der Waals surface area contributed by atoms with Crippen molar-refractivity contribution in [3.63, 3.8) is 0 Å². The first kappa shape index (κ1) is 10.4. The molecule has 3 N–H and O–H groups in total. The van der Waals surface area contributed by atoms with Crippen LogP contribution in [0.3, 0.4) is 0 Å². The summed E-state index contributed by atoms with van der Waals surface area (Å²) in [5, 5.41) is 8.72. The molecule has 0 aliphatic rings. The van der Waals surface area contributed by atoms with Crippen molar-refractivity contribution in [3.05, 3.63) is 23.4 Å². The van der Waals surface area contributed by atoms with Crippen LogP contribution in [0, 0.1) is 11.8 Å². The number of nitrogens with zero attached hydrogens (tertiary/aromatic N) is 1. The standard InChI is InChI=1S/C9H7ClN2O2/c10-3-1-2-6-4-7(9(13)14)8(11)12-5-6/h4-5H,3H2,(H2,11,12)(H,13,14). The van der Waals surface area contributed by atoms with Crippen LogP contribution in [0.1, 0.15) is 15.9 Å². The molecule has 0 spiro atoms. The van der Waals surface area contributed by atoms with E-state index in [1.165, 1.54) is 12.3 Å². The Bertz CT molecular complexity index is 421. The number of halogens is 1. The van der Waals surface area contributed by atoms with Gasteiger partial charge in [0.1, 0.15) is 11.4 Å². The molecule has 1 rings (SSSR count). The zero-order chi connectivity index (χ0) is 10.6. The molecule has 1 aromatic rings. The van der Waals surface area contributed by atoms with Gasteiger partial charge in [-0.3, -0.25) is 0 Å². The van der Waals surface area contributed by atoms with Gasteiger partial charge in [0.15, 0.2) is 0 Å². The van der Waals surface area contributed by atoms with Crippen molar-refractivity contribution in [2.45, 2.75) is 0 Å². The lowest BCUT2D eigenvalue weighted by Gasteiger charge is -1.98. The lowest BCUT2D eigenvalue weighted by Crippen LogP contribution is -2.04. The Morgan fingerprint density at radius 3 is 3.00 bits per heavy atom. The minimum atomic E-state index is -1.12. The number of aromatic nitrogens is 1. The third-order valence-electron chi connectivity index (χ3n) is 1.45. The Labute approximate surface area is 85.7 Å². The van der Waals surface area contributed by atoms with Gasteiger partial charge in [-0.25, -0.2) is 9.78 Å². The number of hydrogen-bond acceptors (Lipinski definition) is 3. The minimum absolute atomic E-state index is 0.0195. The molecule has 1 aromatic heterocycles. The molecule has 0 saturated heterocycles. The van der Waals surface area contributed by atoms with Gasteiger partial charge in [0.2, 0.25) is 0 Å². The molecule has 0 atom stereocenters. The van der Waals surface area contributed by atoms with E-state index >= 15 is 0 Å². The number of aromatic carboxylic acids is 1. The molecule has 1 heterocycles. The number of anilines is 1. The van der Waals surface area contributed by atoms with Gasteiger partial charge >= 0.3 is 5.97 Å². The quantitative estimate of drug-likeness (QED) is 0.535. The van der Waals surface area contributed by atoms with E-state index in [4.69, 9.17) is 22.4 Å². The van der Waals surface area contributed by atoms with Gasteiger partial charge in [0.25, 0.3) is 0 Å². The molecular formula is C9H7ClN2O2. The number of nitrogen functional groups attached to an aromatic ring is 1. The lowest BCUT2D eigenvalue weighted by atomic mass is 10.2. The number of nitrogens with two attached hydrogens (primary N) is 1. The minimum Gasteiger partial charge on any atom is -0.478 e. The monoisotopic (exact) mass is 210 g/mol. The van der Waals surface area contributed by atoms with Crippen LogP contribution in [0.4, 0.5) is 5.82 Å². The maximum Gasteiger partial charge on any atom is 0.339 e. The molecule has 0 aliphatic carbocycles. The molecule has 0 fully saturated rings. The second kappa shape index (κ2) is 4.49. The fourth-order valence-corrected chi connectivity index (χ4v) is 0.917. The first-order chi connectivity index (χ1) is 6.65. The van der Waals surface area contributed by atoms with Gasteiger partial charge in [-0.15, -0.1) is 11.6 Å². The summed E-state index contributed by atoms with van der Waals surface area (Å²) in [6.45, 7) is 0. The summed E-state index contributed by atoms with van der Waals surface area (Å²) in [6, 6.07) is 1.37. The van der Waals surface area contributed by atoms with E-state index in [0.29, 0.717) is 5.56 Å². The highest BCUT2D eigenvalue weighted by Gasteiger charge is 2.08. The van der Waals surface area contributed by atoms with Gasteiger partial charge in [0.05, 0.1) is 5.88 Å². The van der Waals surface area contributed by atoms with Crippen LogP contribution in [-0.2, 0) is 0 Å². The highest BCUT2D eigenvalue weighted by Crippen LogP contribution is 2.09. The maximum atomic E-state index is 10.7. The molecule has 5 heteroatoms. The number of rotatable bonds is 1. The summed E-state index contributed by atoms with van der Waals surface area (Å²) < 4.78 is 0. The Morgan fingerprint density at radius 2 is 2.43 bits per heavy atom. The molecule has 0 aromatic carbocycles. The second-order valence-electron chi connectivity index (χ2n) is 2.40. The van der Waals surface area contributed by atoms with Crippen LogP contribution in [0.15, 0.2) is 12.3 Å². The second-order valence-corrected chi connectivity index (χ2v) is 2.66. The van der Waals surface area contributed by atoms with E-state index in [1.54, 1.807) is 0 Å². The summed E-state index contributed by atoms with van der Waals surface area (Å²) >= 11 is 5.35. The molecule has 0 radical (unpaired) electrons. The summed E-state index contributed by atoms with van der Waals surface area (Å²) in [4.78, 5) is 14.4. The van der Waals surface area contributed by atoms with Gasteiger partial charge in [-0.2, -0.15) is 0 Å². The molecule has 0 amide bonds. The summed E-state index contributed by atoms with van der Waals surface area (Å²) in [5.74, 6) is 4.29. The van der Waals surface area contributed by atoms with Crippen molar-refractivity contribution in [1.29, 1.82) is 0 Å². The SMILES string of the molecule is Nc1ncc(C#CCCl)cc1C(=O)O. The van der Waals surface area contributed by atoms with Crippen molar-refractivity contribution in [1.82, 2.24) is 4.98 Å². The van der Waals surface area contributed by atoms with Gasteiger partial charge in [0, 0.05) is 11.8 Å². The maximum absolute atomic E-state index is 10.7. The normalized spacial score (nSPS) is 8.93. The number of hydrogen-bond donors (Lipinski definition) is 2. The van der Waals surface area contributed by atoms with Gasteiger partial charge < -0.3 is 10.8 Å². The van der Waals surface area contributed by atoms with Crippen LogP contribution < -0.4 is 5.73 Å². The highest BCUT2D eigenvalue weighted by atomic mass is 35.5. The average Bonchev–Trinajstić information content (AvgIpc) is 2.16. The first-order valence-corrected chi connectivity index (χ1v) is 4.22. The Morgan fingerprint density at radius 1 is 1.71 bits per heavy atom. The fraction of sp³-hybridized carbons (Fsp3) is 0.111. The van der Waals surface area contributed by atoms with Crippen molar-refractivity contribution >= 4 is 23.4 Å². The number of pyridine rings is 1. The predicted octanol–water partition coefficient (Wildman–Crippen LogP) is 0.952. The molecule has 0 aliphatic heterocycles. The van der Waals surface area contributed by atoms with E-state index < -0.39 is 5.97 Å². The van der Waals surface area contributed by atoms with Crippen LogP contribution >= 0.6 is 11.6 Å². The molecule has 0 bridgehead atoms. The van der Waals surface area contributed by atoms with Crippen LogP contribution in [0.5, 0.6) is 0 Å². The van der Waals surface area contributed by atoms with Crippen LogP contribution in [-0.4, -0.2) is 21.9 Å². The van der Waals surface area contributed by atoms with Crippen molar-refractivity contribution in [2.24, 2.45) is 0 Å². The molecular weight excluding hydrogens is 204 g/mol. The predicted molar refractivity (Wildman–Crippen MR) is 53.2 cm³/mol. The van der Waals surface area contributed by atoms with Crippen molar-refractivity contribution in [3.8, 4) is 11.8 Å². The highest BCUT2D eigenvalue weighted by molar-refractivity contribution is 6.19. The Balaban J connectivity index is 3.13. The topological polar surface area (TPSA) is 76.2 Å². The van der Waals surface area contributed by atoms with Crippen LogP contribution in [0.2, 0.25) is 0 Å². The first-order valence-electron chi connectivity index (χ1n) is 3.69. The smallest absolute Gasteiger partial charge is 0.339 e. The number of carboxylic acids is 1. The number of carboxylic acid groups (broad SMARTS) is 1.